The molecule has 1 aromatic carbocycles. The van der Waals surface area contributed by atoms with E-state index in [9.17, 15) is 14.7 Å². The first kappa shape index (κ1) is 19.0. The van der Waals surface area contributed by atoms with Gasteiger partial charge in [0.15, 0.2) is 11.4 Å². The largest absolute Gasteiger partial charge is 0.465 e. The fourth-order valence-corrected chi connectivity index (χ4v) is 3.54. The first-order valence-electron chi connectivity index (χ1n) is 8.98. The molecule has 1 aliphatic heterocycles. The maximum atomic E-state index is 11.2. The van der Waals surface area contributed by atoms with E-state index in [1.165, 1.54) is 4.90 Å². The summed E-state index contributed by atoms with van der Waals surface area (Å²) in [5, 5.41) is 17.3. The number of piperazine rings is 1. The van der Waals surface area contributed by atoms with E-state index in [4.69, 9.17) is 10.3 Å². The number of aryl methyl sites for hydroxylation is 1. The molecule has 9 nitrogen and oxygen atoms in total. The van der Waals surface area contributed by atoms with Crippen LogP contribution in [0.1, 0.15) is 24.5 Å². The number of carbonyl (C=O) groups is 2. The highest BCUT2D eigenvalue weighted by molar-refractivity contribution is 5.92. The van der Waals surface area contributed by atoms with E-state index < -0.39 is 6.09 Å². The number of nitrogens with two attached hydrogens (primary N) is 1. The van der Waals surface area contributed by atoms with Gasteiger partial charge in [-0.1, -0.05) is 11.2 Å². The number of aromatic nitrogens is 1. The summed E-state index contributed by atoms with van der Waals surface area (Å²) in [6, 6.07) is 3.87. The van der Waals surface area contributed by atoms with Crippen LogP contribution >= 0.6 is 0 Å². The van der Waals surface area contributed by atoms with Crippen LogP contribution in [-0.2, 0) is 11.3 Å². The molecule has 1 aliphatic rings. The number of hydrogen-bond acceptors (Lipinski definition) is 6. The van der Waals surface area contributed by atoms with Crippen LogP contribution in [0.15, 0.2) is 16.7 Å². The Hall–Kier alpha value is -2.81. The third-order valence-corrected chi connectivity index (χ3v) is 5.03. The first-order valence-corrected chi connectivity index (χ1v) is 8.98. The zero-order valence-electron chi connectivity index (χ0n) is 15.6. The number of amides is 2. The van der Waals surface area contributed by atoms with Crippen LogP contribution in [0.2, 0.25) is 0 Å². The molecule has 1 atom stereocenters. The van der Waals surface area contributed by atoms with E-state index in [2.05, 4.69) is 15.4 Å². The molecular formula is C18H25N5O4. The lowest BCUT2D eigenvalue weighted by Crippen LogP contribution is -2.53. The van der Waals surface area contributed by atoms with Gasteiger partial charge in [-0.25, -0.2) is 4.79 Å². The molecule has 3 rings (SSSR count). The van der Waals surface area contributed by atoms with E-state index in [-0.39, 0.29) is 18.4 Å². The van der Waals surface area contributed by atoms with Gasteiger partial charge in [0.1, 0.15) is 0 Å². The quantitative estimate of drug-likeness (QED) is 0.700. The number of nitrogens with zero attached hydrogens (tertiary/aromatic N) is 3. The van der Waals surface area contributed by atoms with Gasteiger partial charge in [-0.3, -0.25) is 9.69 Å². The highest BCUT2D eigenvalue weighted by Crippen LogP contribution is 2.29. The second-order valence-corrected chi connectivity index (χ2v) is 6.96. The standard InChI is InChI=1S/C18H25N5O4/c1-11-9-22(7-8-23(11)18(25)26)10-13-3-4-14-16(12(13)2)17(21-27-14)20-6-5-15(19)24/h3-4,11H,5-10H2,1-2H3,(H2,19,24)(H,20,21)(H,25,26). The minimum absolute atomic E-state index is 0.0399. The van der Waals surface area contributed by atoms with Crippen LogP contribution in [0.3, 0.4) is 0 Å². The van der Waals surface area contributed by atoms with Gasteiger partial charge < -0.3 is 25.6 Å². The molecular weight excluding hydrogens is 350 g/mol. The molecule has 0 aliphatic carbocycles. The Morgan fingerprint density at radius 2 is 2.19 bits per heavy atom. The lowest BCUT2D eigenvalue weighted by molar-refractivity contribution is -0.117. The zero-order valence-corrected chi connectivity index (χ0v) is 15.6. The number of fused-ring (bicyclic) bond motifs is 1. The van der Waals surface area contributed by atoms with Crippen LogP contribution < -0.4 is 11.1 Å². The van der Waals surface area contributed by atoms with Crippen LogP contribution in [0, 0.1) is 6.92 Å². The van der Waals surface area contributed by atoms with Crippen LogP contribution in [-0.4, -0.2) is 64.3 Å². The zero-order chi connectivity index (χ0) is 19.6. The number of nitrogens with one attached hydrogen (secondary N) is 1. The molecule has 4 N–H and O–H groups in total. The van der Waals surface area contributed by atoms with Crippen molar-refractivity contribution in [3.8, 4) is 0 Å². The van der Waals surface area contributed by atoms with Crippen molar-refractivity contribution in [2.75, 3.05) is 31.5 Å². The number of anilines is 1. The van der Waals surface area contributed by atoms with Crippen molar-refractivity contribution in [3.05, 3.63) is 23.3 Å². The Labute approximate surface area is 157 Å². The van der Waals surface area contributed by atoms with Crippen molar-refractivity contribution >= 4 is 28.8 Å². The number of primary amides is 1. The summed E-state index contributed by atoms with van der Waals surface area (Å²) in [7, 11) is 0. The SMILES string of the molecule is Cc1c(CN2CCN(C(=O)O)C(C)C2)ccc2onc(NCCC(N)=O)c12. The van der Waals surface area contributed by atoms with Gasteiger partial charge in [-0.15, -0.1) is 0 Å². The van der Waals surface area contributed by atoms with E-state index >= 15 is 0 Å². The summed E-state index contributed by atoms with van der Waals surface area (Å²) in [5.41, 5.74) is 8.05. The second-order valence-electron chi connectivity index (χ2n) is 6.96. The minimum atomic E-state index is -0.865. The number of carboxylic acid groups (broad SMARTS) is 1. The summed E-state index contributed by atoms with van der Waals surface area (Å²) in [6.07, 6.45) is -0.644. The summed E-state index contributed by atoms with van der Waals surface area (Å²) in [4.78, 5) is 25.9. The number of hydrogen-bond donors (Lipinski definition) is 3. The molecule has 27 heavy (non-hydrogen) atoms. The Balaban J connectivity index is 1.74. The molecule has 1 saturated heterocycles. The highest BCUT2D eigenvalue weighted by atomic mass is 16.5. The van der Waals surface area contributed by atoms with E-state index in [1.54, 1.807) is 0 Å². The first-order chi connectivity index (χ1) is 12.9. The smallest absolute Gasteiger partial charge is 0.407 e. The lowest BCUT2D eigenvalue weighted by atomic mass is 10.0. The molecule has 0 saturated carbocycles. The topological polar surface area (TPSA) is 125 Å². The van der Waals surface area contributed by atoms with Gasteiger partial charge in [0.25, 0.3) is 0 Å². The fourth-order valence-electron chi connectivity index (χ4n) is 3.54. The van der Waals surface area contributed by atoms with E-state index in [0.29, 0.717) is 37.6 Å². The number of carbonyl (C=O) groups excluding carboxylic acids is 1. The molecule has 1 unspecified atom stereocenters. The summed E-state index contributed by atoms with van der Waals surface area (Å²) in [5.74, 6) is 0.233. The van der Waals surface area contributed by atoms with Crippen LogP contribution in [0.5, 0.6) is 0 Å². The van der Waals surface area contributed by atoms with Crippen LogP contribution in [0.4, 0.5) is 10.6 Å². The predicted molar refractivity (Wildman–Crippen MR) is 101 cm³/mol. The number of benzene rings is 1. The maximum absolute atomic E-state index is 11.2. The third-order valence-electron chi connectivity index (χ3n) is 5.03. The van der Waals surface area contributed by atoms with Gasteiger partial charge >= 0.3 is 6.09 Å². The Morgan fingerprint density at radius 3 is 2.85 bits per heavy atom. The normalized spacial score (nSPS) is 18.0. The van der Waals surface area contributed by atoms with Gasteiger partial charge in [0, 0.05) is 45.2 Å². The van der Waals surface area contributed by atoms with Gasteiger partial charge in [0.2, 0.25) is 5.91 Å². The average molecular weight is 375 g/mol. The second kappa shape index (κ2) is 7.83. The minimum Gasteiger partial charge on any atom is -0.465 e. The Bertz CT molecular complexity index is 850. The highest BCUT2D eigenvalue weighted by Gasteiger charge is 2.27. The molecule has 2 heterocycles. The molecule has 9 heteroatoms. The molecule has 1 fully saturated rings. The van der Waals surface area contributed by atoms with Gasteiger partial charge in [-0.05, 0) is 31.0 Å². The van der Waals surface area contributed by atoms with Crippen LogP contribution in [0.25, 0.3) is 11.0 Å². The summed E-state index contributed by atoms with van der Waals surface area (Å²) in [6.45, 7) is 6.96. The average Bonchev–Trinajstić information content (AvgIpc) is 3.01. The van der Waals surface area contributed by atoms with Gasteiger partial charge in [-0.2, -0.15) is 0 Å². The third kappa shape index (κ3) is 4.13. The van der Waals surface area contributed by atoms with Crippen molar-refractivity contribution in [3.63, 3.8) is 0 Å². The molecule has 0 radical (unpaired) electrons. The van der Waals surface area contributed by atoms with Crippen molar-refractivity contribution in [1.29, 1.82) is 0 Å². The number of rotatable bonds is 6. The van der Waals surface area contributed by atoms with Crippen molar-refractivity contribution in [2.24, 2.45) is 5.73 Å². The molecule has 0 bridgehead atoms. The summed E-state index contributed by atoms with van der Waals surface area (Å²) < 4.78 is 5.38. The molecule has 0 spiro atoms. The lowest BCUT2D eigenvalue weighted by Gasteiger charge is -2.38. The monoisotopic (exact) mass is 375 g/mol. The molecule has 1 aromatic heterocycles. The van der Waals surface area contributed by atoms with E-state index in [0.717, 1.165) is 23.1 Å². The molecule has 2 aromatic rings. The summed E-state index contributed by atoms with van der Waals surface area (Å²) >= 11 is 0. The molecule has 146 valence electrons. The van der Waals surface area contributed by atoms with Crippen molar-refractivity contribution < 1.29 is 19.2 Å². The van der Waals surface area contributed by atoms with Crippen molar-refractivity contribution in [1.82, 2.24) is 15.0 Å². The maximum Gasteiger partial charge on any atom is 0.407 e. The Morgan fingerprint density at radius 1 is 1.41 bits per heavy atom. The Kier molecular flexibility index (Phi) is 5.50. The van der Waals surface area contributed by atoms with E-state index in [1.807, 2.05) is 26.0 Å². The van der Waals surface area contributed by atoms with Crippen molar-refractivity contribution in [2.45, 2.75) is 32.9 Å². The molecule has 2 amide bonds. The predicted octanol–water partition coefficient (Wildman–Crippen LogP) is 1.61. The van der Waals surface area contributed by atoms with Gasteiger partial charge in [0.05, 0.1) is 5.39 Å². The fraction of sp³-hybridized carbons (Fsp3) is 0.500.